The van der Waals surface area contributed by atoms with Gasteiger partial charge in [-0.25, -0.2) is 0 Å². The number of alkyl halides is 1. The highest BCUT2D eigenvalue weighted by molar-refractivity contribution is 7.10. The molecule has 0 spiro atoms. The second-order valence-electron chi connectivity index (χ2n) is 8.30. The highest BCUT2D eigenvalue weighted by atomic mass is 35.5. The first-order chi connectivity index (χ1) is 15.9. The van der Waals surface area contributed by atoms with Crippen LogP contribution in [0.1, 0.15) is 34.6 Å². The van der Waals surface area contributed by atoms with Crippen LogP contribution in [0.15, 0.2) is 52.8 Å². The number of nitrogens with zero attached hydrogens (tertiary/aromatic N) is 1. The van der Waals surface area contributed by atoms with Gasteiger partial charge in [-0.3, -0.25) is 9.59 Å². The molecule has 6 nitrogen and oxygen atoms in total. The van der Waals surface area contributed by atoms with Crippen molar-refractivity contribution in [3.63, 3.8) is 0 Å². The van der Waals surface area contributed by atoms with Crippen molar-refractivity contribution in [2.24, 2.45) is 0 Å². The molecule has 4 atom stereocenters. The van der Waals surface area contributed by atoms with Gasteiger partial charge in [0.05, 0.1) is 18.0 Å². The van der Waals surface area contributed by atoms with Crippen molar-refractivity contribution in [1.29, 1.82) is 0 Å². The zero-order chi connectivity index (χ0) is 23.4. The summed E-state index contributed by atoms with van der Waals surface area (Å²) in [5.41, 5.74) is 2.10. The van der Waals surface area contributed by atoms with Crippen molar-refractivity contribution in [2.75, 3.05) is 6.54 Å². The number of nitrogens with one attached hydrogen (secondary N) is 1. The lowest BCUT2D eigenvalue weighted by Crippen LogP contribution is -2.52. The number of aliphatic hydroxyl groups is 2. The number of halogens is 1. The summed E-state index contributed by atoms with van der Waals surface area (Å²) in [5, 5.41) is 27.4. The largest absolute Gasteiger partial charge is 0.380 e. The summed E-state index contributed by atoms with van der Waals surface area (Å²) >= 11 is 9.44. The molecule has 0 aromatic carbocycles. The first kappa shape index (κ1) is 24.2. The molecule has 1 aliphatic heterocycles. The standard InChI is InChI=1S/C24H27ClN2O4S2/c25-17-5-1-4-16(12-17)20-7-2-8-27(20)24(31)22(29)21(28)23(30)26-13-19-11-15(14-33-19)10-18-6-3-9-32-18/h1,3-4,6,9,11-12,14,17,20-22,28-29H,2,5,7-8,10,13H2,(H,26,30)/t17?,20-,21-,22-/m1/s1. The van der Waals surface area contributed by atoms with E-state index in [1.807, 2.05) is 41.1 Å². The number of rotatable bonds is 8. The summed E-state index contributed by atoms with van der Waals surface area (Å²) in [7, 11) is 0. The molecule has 1 unspecified atom stereocenters. The first-order valence-corrected chi connectivity index (χ1v) is 13.2. The molecule has 3 N–H and O–H groups in total. The van der Waals surface area contributed by atoms with Gasteiger partial charge in [-0.15, -0.1) is 34.3 Å². The van der Waals surface area contributed by atoms with Crippen LogP contribution in [0.3, 0.4) is 0 Å². The van der Waals surface area contributed by atoms with Gasteiger partial charge in [0.25, 0.3) is 11.8 Å². The zero-order valence-electron chi connectivity index (χ0n) is 18.0. The quantitative estimate of drug-likeness (QED) is 0.479. The third kappa shape index (κ3) is 5.94. The van der Waals surface area contributed by atoms with Crippen LogP contribution in [0.2, 0.25) is 0 Å². The van der Waals surface area contributed by atoms with Crippen LogP contribution in [0.25, 0.3) is 0 Å². The minimum Gasteiger partial charge on any atom is -0.380 e. The Balaban J connectivity index is 1.31. The van der Waals surface area contributed by atoms with E-state index >= 15 is 0 Å². The van der Waals surface area contributed by atoms with Crippen molar-refractivity contribution in [1.82, 2.24) is 10.2 Å². The molecule has 2 aromatic rings. The molecule has 1 aliphatic carbocycles. The SMILES string of the molecule is O=C(NCc1cc(Cc2cccs2)cs1)[C@H](O)[C@@H](O)C(=O)N1CCC[C@@H]1C1=CC(Cl)CC=C1. The van der Waals surface area contributed by atoms with Gasteiger partial charge in [0.15, 0.2) is 12.2 Å². The summed E-state index contributed by atoms with van der Waals surface area (Å²) in [5.74, 6) is -1.40. The summed E-state index contributed by atoms with van der Waals surface area (Å²) < 4.78 is 0. The Morgan fingerprint density at radius 1 is 1.24 bits per heavy atom. The van der Waals surface area contributed by atoms with Gasteiger partial charge in [0.2, 0.25) is 0 Å². The van der Waals surface area contributed by atoms with E-state index in [2.05, 4.69) is 11.4 Å². The van der Waals surface area contributed by atoms with Crippen molar-refractivity contribution < 1.29 is 19.8 Å². The van der Waals surface area contributed by atoms with E-state index in [0.717, 1.165) is 41.7 Å². The van der Waals surface area contributed by atoms with Gasteiger partial charge in [-0.1, -0.05) is 24.3 Å². The van der Waals surface area contributed by atoms with Crippen LogP contribution in [0.5, 0.6) is 0 Å². The maximum atomic E-state index is 12.9. The molecule has 2 aliphatic rings. The number of carbonyl (C=O) groups is 2. The van der Waals surface area contributed by atoms with Crippen LogP contribution in [-0.2, 0) is 22.6 Å². The van der Waals surface area contributed by atoms with Crippen molar-refractivity contribution in [3.05, 3.63) is 68.1 Å². The lowest BCUT2D eigenvalue weighted by atomic mass is 9.97. The van der Waals surface area contributed by atoms with Crippen molar-refractivity contribution in [2.45, 2.75) is 55.9 Å². The van der Waals surface area contributed by atoms with Crippen molar-refractivity contribution in [3.8, 4) is 0 Å². The van der Waals surface area contributed by atoms with Gasteiger partial charge >= 0.3 is 0 Å². The van der Waals surface area contributed by atoms with Crippen LogP contribution >= 0.6 is 34.3 Å². The Morgan fingerprint density at radius 2 is 2.09 bits per heavy atom. The minimum atomic E-state index is -1.83. The lowest BCUT2D eigenvalue weighted by molar-refractivity contribution is -0.153. The molecular formula is C24H27ClN2O4S2. The van der Waals surface area contributed by atoms with E-state index < -0.39 is 24.0 Å². The number of amides is 2. The van der Waals surface area contributed by atoms with E-state index in [0.29, 0.717) is 6.54 Å². The Bertz CT molecular complexity index is 1030. The van der Waals surface area contributed by atoms with Gasteiger partial charge in [0, 0.05) is 22.7 Å². The summed E-state index contributed by atoms with van der Waals surface area (Å²) in [6.07, 6.45) is 5.34. The molecular weight excluding hydrogens is 480 g/mol. The second kappa shape index (κ2) is 11.0. The molecule has 0 saturated carbocycles. The molecule has 0 bridgehead atoms. The van der Waals surface area contributed by atoms with Crippen LogP contribution in [0, 0.1) is 0 Å². The normalized spacial score (nSPS) is 22.2. The Morgan fingerprint density at radius 3 is 2.85 bits per heavy atom. The number of hydrogen-bond donors (Lipinski definition) is 3. The zero-order valence-corrected chi connectivity index (χ0v) is 20.4. The Labute approximate surface area is 206 Å². The molecule has 1 fully saturated rings. The Kier molecular flexibility index (Phi) is 8.03. The molecule has 4 rings (SSSR count). The third-order valence-corrected chi connectivity index (χ3v) is 8.06. The molecule has 0 radical (unpaired) electrons. The average Bonchev–Trinajstić information content (AvgIpc) is 3.58. The van der Waals surface area contributed by atoms with E-state index in [4.69, 9.17) is 11.6 Å². The lowest BCUT2D eigenvalue weighted by Gasteiger charge is -2.30. The predicted octanol–water partition coefficient (Wildman–Crippen LogP) is 3.22. The minimum absolute atomic E-state index is 0.119. The average molecular weight is 507 g/mol. The monoisotopic (exact) mass is 506 g/mol. The maximum absolute atomic E-state index is 12.9. The maximum Gasteiger partial charge on any atom is 0.255 e. The number of aliphatic hydroxyl groups excluding tert-OH is 2. The fraction of sp³-hybridized carbons (Fsp3) is 0.417. The first-order valence-electron chi connectivity index (χ1n) is 11.0. The number of allylic oxidation sites excluding steroid dienone is 2. The molecule has 1 saturated heterocycles. The van der Waals surface area contributed by atoms with Gasteiger partial charge < -0.3 is 20.4 Å². The van der Waals surface area contributed by atoms with Gasteiger partial charge in [0.1, 0.15) is 0 Å². The number of carbonyl (C=O) groups excluding carboxylic acids is 2. The van der Waals surface area contributed by atoms with Crippen LogP contribution in [-0.4, -0.2) is 57.1 Å². The second-order valence-corrected chi connectivity index (χ2v) is 10.9. The summed E-state index contributed by atoms with van der Waals surface area (Å²) in [6.45, 7) is 0.697. The summed E-state index contributed by atoms with van der Waals surface area (Å²) in [4.78, 5) is 29.1. The number of thiophene rings is 2. The summed E-state index contributed by atoms with van der Waals surface area (Å²) in [6, 6.07) is 5.92. The topological polar surface area (TPSA) is 89.9 Å². The van der Waals surface area contributed by atoms with Gasteiger partial charge in [-0.2, -0.15) is 0 Å². The van der Waals surface area contributed by atoms with E-state index in [1.165, 1.54) is 16.2 Å². The van der Waals surface area contributed by atoms with Crippen LogP contribution in [0.4, 0.5) is 0 Å². The van der Waals surface area contributed by atoms with Gasteiger partial charge in [-0.05, 0) is 53.3 Å². The number of likely N-dealkylation sites (tertiary alicyclic amines) is 1. The van der Waals surface area contributed by atoms with Crippen molar-refractivity contribution >= 4 is 46.1 Å². The van der Waals surface area contributed by atoms with E-state index in [1.54, 1.807) is 16.2 Å². The molecule has 2 aromatic heterocycles. The Hall–Kier alpha value is -1.97. The van der Waals surface area contributed by atoms with Crippen LogP contribution < -0.4 is 5.32 Å². The molecule has 2 amide bonds. The molecule has 9 heteroatoms. The highest BCUT2D eigenvalue weighted by Crippen LogP contribution is 2.29. The van der Waals surface area contributed by atoms with E-state index in [9.17, 15) is 19.8 Å². The fourth-order valence-corrected chi connectivity index (χ4v) is 6.04. The smallest absolute Gasteiger partial charge is 0.255 e. The number of hydrogen-bond acceptors (Lipinski definition) is 6. The highest BCUT2D eigenvalue weighted by Gasteiger charge is 2.39. The third-order valence-electron chi connectivity index (χ3n) is 5.89. The molecule has 33 heavy (non-hydrogen) atoms. The predicted molar refractivity (Wildman–Crippen MR) is 132 cm³/mol. The van der Waals surface area contributed by atoms with E-state index in [-0.39, 0.29) is 18.0 Å². The fourth-order valence-electron chi connectivity index (χ4n) is 4.22. The molecule has 3 heterocycles. The molecule has 176 valence electrons.